The van der Waals surface area contributed by atoms with Crippen molar-refractivity contribution in [3.05, 3.63) is 108 Å². The first-order chi connectivity index (χ1) is 25.6. The summed E-state index contributed by atoms with van der Waals surface area (Å²) in [4.78, 5) is 56.3. The third-order valence-corrected chi connectivity index (χ3v) is 10.2. The highest BCUT2D eigenvalue weighted by Gasteiger charge is 2.57. The molecule has 0 spiro atoms. The number of carbonyl (C=O) groups excluding carboxylic acids is 4. The summed E-state index contributed by atoms with van der Waals surface area (Å²) in [5.74, 6) is -2.38. The molecule has 3 aromatic carbocycles. The number of thioether (sulfide) groups is 1. The Hall–Kier alpha value is -4.27. The number of fused-ring (bicyclic) bond motifs is 1. The molecule has 3 aliphatic heterocycles. The summed E-state index contributed by atoms with van der Waals surface area (Å²) in [7, 11) is 0. The van der Waals surface area contributed by atoms with E-state index in [9.17, 15) is 19.2 Å². The van der Waals surface area contributed by atoms with Crippen molar-refractivity contribution in [3.8, 4) is 0 Å². The van der Waals surface area contributed by atoms with Crippen LogP contribution in [0, 0.1) is 0 Å². The Kier molecular flexibility index (Phi) is 12.8. The van der Waals surface area contributed by atoms with Crippen molar-refractivity contribution >= 4 is 35.4 Å². The Morgan fingerprint density at radius 1 is 0.679 bits per heavy atom. The minimum atomic E-state index is -1.03. The fraction of sp³-hybridized carbons (Fsp3) is 0.450. The molecule has 8 atom stereocenters. The number of hydrogen-bond acceptors (Lipinski definition) is 9. The molecule has 3 aromatic rings. The summed E-state index contributed by atoms with van der Waals surface area (Å²) in [6.07, 6.45) is -0.755. The molecule has 3 aliphatic rings. The summed E-state index contributed by atoms with van der Waals surface area (Å²) in [5.41, 5.74) is 2.56. The Morgan fingerprint density at radius 2 is 1.21 bits per heavy atom. The van der Waals surface area contributed by atoms with E-state index in [1.54, 1.807) is 13.8 Å². The molecule has 0 bridgehead atoms. The second kappa shape index (κ2) is 17.7. The Labute approximate surface area is 314 Å². The molecule has 0 aliphatic carbocycles. The minimum absolute atomic E-state index is 0.176. The monoisotopic (exact) mass is 744 g/mol. The second-order valence-electron chi connectivity index (χ2n) is 14.1. The largest absolute Gasteiger partial charge is 0.368 e. The first-order valence-corrected chi connectivity index (χ1v) is 19.4. The van der Waals surface area contributed by atoms with E-state index in [2.05, 4.69) is 21.3 Å². The number of amides is 4. The maximum absolute atomic E-state index is 14.2. The van der Waals surface area contributed by atoms with Crippen LogP contribution >= 0.6 is 11.8 Å². The maximum atomic E-state index is 14.2. The van der Waals surface area contributed by atoms with Gasteiger partial charge in [0, 0.05) is 19.3 Å². The highest BCUT2D eigenvalue weighted by Crippen LogP contribution is 2.40. The predicted molar refractivity (Wildman–Crippen MR) is 199 cm³/mol. The van der Waals surface area contributed by atoms with Crippen LogP contribution < -0.4 is 21.3 Å². The van der Waals surface area contributed by atoms with E-state index in [1.807, 2.05) is 97.3 Å². The summed E-state index contributed by atoms with van der Waals surface area (Å²) in [6.45, 7) is 3.79. The number of rotatable bonds is 11. The molecule has 0 radical (unpaired) electrons. The average Bonchev–Trinajstić information content (AvgIpc) is 3.63. The highest BCUT2D eigenvalue weighted by molar-refractivity contribution is 7.98. The third kappa shape index (κ3) is 10.2. The second-order valence-corrected chi connectivity index (χ2v) is 15.0. The standard InChI is InChI=1S/C40H48N4O8S/c1-40(2)51-35-34(49-24-27-17-11-6-12-18-27)33(50-39(35)52-40)29-23-32(45)41-30(21-25-13-7-4-8-14-25)37(47)44-31(22-26-15-9-5-10-16-26)38(48)42-28(19-20-53-3)36(46)43-29/h4-18,28-31,33-35,39H,19-24H2,1-3H3,(H,41,45)(H,42,48)(H,43,46)(H,44,47)/t28-,29+,30-,31-,33+,34-,35+,39+/m0/s1. The molecular weight excluding hydrogens is 697 g/mol. The molecule has 6 rings (SSSR count). The number of nitrogens with one attached hydrogen (secondary N) is 4. The molecule has 0 unspecified atom stereocenters. The lowest BCUT2D eigenvalue weighted by Crippen LogP contribution is -2.58. The third-order valence-electron chi connectivity index (χ3n) is 9.54. The molecule has 3 heterocycles. The van der Waals surface area contributed by atoms with Gasteiger partial charge in [0.15, 0.2) is 12.1 Å². The van der Waals surface area contributed by atoms with E-state index in [0.29, 0.717) is 12.2 Å². The van der Waals surface area contributed by atoms with Crippen LogP contribution in [-0.2, 0) is 57.6 Å². The van der Waals surface area contributed by atoms with E-state index >= 15 is 0 Å². The predicted octanol–water partition coefficient (Wildman–Crippen LogP) is 3.03. The number of benzene rings is 3. The molecule has 0 aromatic heterocycles. The van der Waals surface area contributed by atoms with Crippen molar-refractivity contribution in [1.82, 2.24) is 21.3 Å². The maximum Gasteiger partial charge on any atom is 0.243 e. The molecule has 12 nitrogen and oxygen atoms in total. The highest BCUT2D eigenvalue weighted by atomic mass is 32.2. The summed E-state index contributed by atoms with van der Waals surface area (Å²) in [6, 6.07) is 24.3. The molecule has 0 saturated carbocycles. The van der Waals surface area contributed by atoms with Gasteiger partial charge < -0.3 is 40.2 Å². The molecule has 4 N–H and O–H groups in total. The van der Waals surface area contributed by atoms with E-state index in [1.165, 1.54) is 11.8 Å². The minimum Gasteiger partial charge on any atom is -0.368 e. The molecule has 4 amide bonds. The molecule has 3 saturated heterocycles. The van der Waals surface area contributed by atoms with Crippen LogP contribution in [0.3, 0.4) is 0 Å². The van der Waals surface area contributed by atoms with Gasteiger partial charge in [0.2, 0.25) is 23.6 Å². The Bertz CT molecular complexity index is 1700. The van der Waals surface area contributed by atoms with Gasteiger partial charge in [-0.2, -0.15) is 11.8 Å². The van der Waals surface area contributed by atoms with E-state index in [-0.39, 0.29) is 25.9 Å². The van der Waals surface area contributed by atoms with Crippen LogP contribution in [0.5, 0.6) is 0 Å². The van der Waals surface area contributed by atoms with Gasteiger partial charge in [-0.25, -0.2) is 0 Å². The van der Waals surface area contributed by atoms with Gasteiger partial charge in [-0.1, -0.05) is 91.0 Å². The summed E-state index contributed by atoms with van der Waals surface area (Å²) in [5, 5.41) is 11.8. The molecule has 53 heavy (non-hydrogen) atoms. The lowest BCUT2D eigenvalue weighted by Gasteiger charge is -2.32. The van der Waals surface area contributed by atoms with Gasteiger partial charge in [0.1, 0.15) is 36.4 Å². The SMILES string of the molecule is CSCC[C@@H]1NC(=O)[C@H](Cc2ccccc2)NC(=O)[C@H](Cc2ccccc2)NC(=O)C[C@H]([C@H]2O[C@@H]3OC(C)(C)O[C@@H]3[C@H]2OCc2ccccc2)NC1=O. The van der Waals surface area contributed by atoms with Gasteiger partial charge in [0.25, 0.3) is 0 Å². The van der Waals surface area contributed by atoms with Gasteiger partial charge in [-0.15, -0.1) is 0 Å². The van der Waals surface area contributed by atoms with Crippen molar-refractivity contribution in [2.75, 3.05) is 12.0 Å². The van der Waals surface area contributed by atoms with E-state index < -0.39 is 78.2 Å². The van der Waals surface area contributed by atoms with Crippen molar-refractivity contribution in [2.45, 2.75) is 101 Å². The molecule has 13 heteroatoms. The first kappa shape index (κ1) is 38.5. The topological polar surface area (TPSA) is 153 Å². The van der Waals surface area contributed by atoms with Gasteiger partial charge in [0.05, 0.1) is 12.6 Å². The lowest BCUT2D eigenvalue weighted by molar-refractivity contribution is -0.222. The first-order valence-electron chi connectivity index (χ1n) is 18.0. The van der Waals surface area contributed by atoms with Crippen molar-refractivity contribution in [1.29, 1.82) is 0 Å². The van der Waals surface area contributed by atoms with Gasteiger partial charge in [-0.3, -0.25) is 19.2 Å². The zero-order valence-electron chi connectivity index (χ0n) is 30.2. The van der Waals surface area contributed by atoms with Crippen LogP contribution in [0.4, 0.5) is 0 Å². The Balaban J connectivity index is 1.33. The smallest absolute Gasteiger partial charge is 0.243 e. The van der Waals surface area contributed by atoms with Crippen LogP contribution in [0.2, 0.25) is 0 Å². The quantitative estimate of drug-likeness (QED) is 0.232. The molecule has 282 valence electrons. The summed E-state index contributed by atoms with van der Waals surface area (Å²) >= 11 is 1.54. The normalized spacial score (nSPS) is 29.0. The van der Waals surface area contributed by atoms with Crippen molar-refractivity contribution < 1.29 is 38.1 Å². The van der Waals surface area contributed by atoms with Crippen LogP contribution in [0.1, 0.15) is 43.4 Å². The average molecular weight is 745 g/mol. The van der Waals surface area contributed by atoms with Crippen LogP contribution in [-0.4, -0.2) is 90.2 Å². The van der Waals surface area contributed by atoms with Gasteiger partial charge in [-0.05, 0) is 49.0 Å². The zero-order valence-corrected chi connectivity index (χ0v) is 31.0. The molecule has 3 fully saturated rings. The summed E-state index contributed by atoms with van der Waals surface area (Å²) < 4.78 is 25.2. The van der Waals surface area contributed by atoms with Crippen molar-refractivity contribution in [3.63, 3.8) is 0 Å². The van der Waals surface area contributed by atoms with Crippen molar-refractivity contribution in [2.24, 2.45) is 0 Å². The fourth-order valence-electron chi connectivity index (χ4n) is 6.94. The van der Waals surface area contributed by atoms with Crippen LogP contribution in [0.25, 0.3) is 0 Å². The fourth-order valence-corrected chi connectivity index (χ4v) is 7.41. The van der Waals surface area contributed by atoms with Crippen LogP contribution in [0.15, 0.2) is 91.0 Å². The Morgan fingerprint density at radius 3 is 1.79 bits per heavy atom. The number of carbonyl (C=O) groups is 4. The molecular formula is C40H48N4O8S. The number of ether oxygens (including phenoxy) is 4. The zero-order chi connectivity index (χ0) is 37.4. The number of hydrogen-bond donors (Lipinski definition) is 4. The van der Waals surface area contributed by atoms with E-state index in [4.69, 9.17) is 18.9 Å². The van der Waals surface area contributed by atoms with Gasteiger partial charge >= 0.3 is 0 Å². The lowest BCUT2D eigenvalue weighted by atomic mass is 9.98. The van der Waals surface area contributed by atoms with E-state index in [0.717, 1.165) is 16.7 Å².